The molecule has 134 valence electrons. The van der Waals surface area contributed by atoms with Gasteiger partial charge < -0.3 is 15.1 Å². The van der Waals surface area contributed by atoms with Gasteiger partial charge in [-0.05, 0) is 49.6 Å². The van der Waals surface area contributed by atoms with Crippen LogP contribution in [0.5, 0.6) is 0 Å². The van der Waals surface area contributed by atoms with Gasteiger partial charge >= 0.3 is 0 Å². The molecule has 0 unspecified atom stereocenters. The average Bonchev–Trinajstić information content (AvgIpc) is 3.22. The number of fused-ring (bicyclic) bond motifs is 2. The maximum atomic E-state index is 12.8. The third kappa shape index (κ3) is 3.22. The smallest absolute Gasteiger partial charge is 0.254 e. The molecule has 2 heterocycles. The van der Waals surface area contributed by atoms with E-state index in [1.54, 1.807) is 4.90 Å². The fraction of sp³-hybridized carbons (Fsp3) is 0.579. The van der Waals surface area contributed by atoms with Crippen molar-refractivity contribution < 1.29 is 9.59 Å². The molecule has 2 aliphatic heterocycles. The average molecular weight is 406 g/mol. The van der Waals surface area contributed by atoms with E-state index in [2.05, 4.69) is 39.1 Å². The molecule has 2 amide bonds. The zero-order valence-electron chi connectivity index (χ0n) is 14.6. The van der Waals surface area contributed by atoms with Gasteiger partial charge in [0.05, 0.1) is 6.54 Å². The predicted octanol–water partition coefficient (Wildman–Crippen LogP) is 2.15. The lowest BCUT2D eigenvalue weighted by Crippen LogP contribution is -2.49. The first-order valence-electron chi connectivity index (χ1n) is 9.12. The Labute approximate surface area is 156 Å². The van der Waals surface area contributed by atoms with E-state index in [0.717, 1.165) is 54.5 Å². The number of rotatable bonds is 4. The van der Waals surface area contributed by atoms with Crippen LogP contribution in [0.3, 0.4) is 0 Å². The summed E-state index contributed by atoms with van der Waals surface area (Å²) in [5, 5.41) is 3.11. The second kappa shape index (κ2) is 6.40. The highest BCUT2D eigenvalue weighted by atomic mass is 79.9. The minimum Gasteiger partial charge on any atom is -0.350 e. The van der Waals surface area contributed by atoms with Crippen molar-refractivity contribution in [1.29, 1.82) is 0 Å². The summed E-state index contributed by atoms with van der Waals surface area (Å²) >= 11 is 3.51. The van der Waals surface area contributed by atoms with E-state index in [0.29, 0.717) is 6.54 Å². The number of benzene rings is 1. The Hall–Kier alpha value is -1.40. The Morgan fingerprint density at radius 2 is 2.20 bits per heavy atom. The monoisotopic (exact) mass is 405 g/mol. The van der Waals surface area contributed by atoms with Gasteiger partial charge in [-0.25, -0.2) is 0 Å². The Morgan fingerprint density at radius 1 is 1.40 bits per heavy atom. The number of carbonyl (C=O) groups is 2. The number of nitrogens with zero attached hydrogens (tertiary/aromatic N) is 2. The fourth-order valence-corrected chi connectivity index (χ4v) is 4.59. The number of likely N-dealkylation sites (tertiary alicyclic amines) is 1. The lowest BCUT2D eigenvalue weighted by atomic mass is 9.86. The molecular weight excluding hydrogens is 382 g/mol. The second-order valence-electron chi connectivity index (χ2n) is 7.58. The quantitative estimate of drug-likeness (QED) is 0.834. The molecule has 1 N–H and O–H groups in total. The number of hydrogen-bond acceptors (Lipinski definition) is 3. The Morgan fingerprint density at radius 3 is 2.88 bits per heavy atom. The molecule has 2 fully saturated rings. The van der Waals surface area contributed by atoms with E-state index in [1.807, 2.05) is 12.1 Å². The van der Waals surface area contributed by atoms with Crippen LogP contribution in [-0.2, 0) is 10.2 Å². The highest BCUT2D eigenvalue weighted by Gasteiger charge is 2.51. The van der Waals surface area contributed by atoms with Crippen molar-refractivity contribution in [1.82, 2.24) is 15.1 Å². The van der Waals surface area contributed by atoms with Gasteiger partial charge in [0.2, 0.25) is 5.91 Å². The van der Waals surface area contributed by atoms with E-state index >= 15 is 0 Å². The molecule has 1 saturated carbocycles. The summed E-state index contributed by atoms with van der Waals surface area (Å²) in [6.07, 6.45) is 3.18. The van der Waals surface area contributed by atoms with E-state index in [-0.39, 0.29) is 29.8 Å². The molecule has 0 bridgehead atoms. The maximum absolute atomic E-state index is 12.8. The van der Waals surface area contributed by atoms with Gasteiger partial charge in [0.15, 0.2) is 0 Å². The van der Waals surface area contributed by atoms with Crippen LogP contribution in [0.4, 0.5) is 0 Å². The predicted molar refractivity (Wildman–Crippen MR) is 99.6 cm³/mol. The third-order valence-corrected chi connectivity index (χ3v) is 6.33. The number of nitrogens with one attached hydrogen (secondary N) is 1. The van der Waals surface area contributed by atoms with Crippen LogP contribution in [0, 0.1) is 0 Å². The molecule has 0 radical (unpaired) electrons. The lowest BCUT2D eigenvalue weighted by molar-refractivity contribution is -0.122. The fourth-order valence-electron chi connectivity index (χ4n) is 4.22. The van der Waals surface area contributed by atoms with Gasteiger partial charge in [-0.2, -0.15) is 0 Å². The lowest BCUT2D eigenvalue weighted by Gasteiger charge is -2.34. The molecule has 1 saturated heterocycles. The first-order valence-corrected chi connectivity index (χ1v) is 9.91. The van der Waals surface area contributed by atoms with Crippen molar-refractivity contribution in [3.05, 3.63) is 33.8 Å². The molecule has 3 aliphatic rings. The van der Waals surface area contributed by atoms with Crippen molar-refractivity contribution in [2.75, 3.05) is 32.7 Å². The number of hydrogen-bond donors (Lipinski definition) is 1. The van der Waals surface area contributed by atoms with Gasteiger partial charge in [-0.3, -0.25) is 9.59 Å². The number of halogens is 1. The van der Waals surface area contributed by atoms with Crippen molar-refractivity contribution in [2.45, 2.75) is 37.6 Å². The minimum atomic E-state index is -0.0346. The van der Waals surface area contributed by atoms with Gasteiger partial charge in [0.1, 0.15) is 0 Å². The Bertz CT molecular complexity index is 717. The summed E-state index contributed by atoms with van der Waals surface area (Å²) in [7, 11) is 0. The van der Waals surface area contributed by atoms with Crippen molar-refractivity contribution in [3.8, 4) is 0 Å². The van der Waals surface area contributed by atoms with Gasteiger partial charge in [-0.15, -0.1) is 0 Å². The summed E-state index contributed by atoms with van der Waals surface area (Å²) in [5.74, 6) is -0.0514. The third-order valence-electron chi connectivity index (χ3n) is 5.84. The molecule has 1 aromatic carbocycles. The van der Waals surface area contributed by atoms with Crippen LogP contribution in [0.2, 0.25) is 0 Å². The summed E-state index contributed by atoms with van der Waals surface area (Å²) in [6, 6.07) is 6.09. The highest BCUT2D eigenvalue weighted by Crippen LogP contribution is 2.52. The van der Waals surface area contributed by atoms with Crippen molar-refractivity contribution in [3.63, 3.8) is 0 Å². The number of amides is 2. The van der Waals surface area contributed by atoms with Crippen LogP contribution < -0.4 is 5.32 Å². The van der Waals surface area contributed by atoms with E-state index in [9.17, 15) is 9.59 Å². The molecule has 1 spiro atoms. The Kier molecular flexibility index (Phi) is 4.36. The molecule has 0 aromatic heterocycles. The zero-order valence-corrected chi connectivity index (χ0v) is 16.1. The molecular formula is C19H24BrN3O2. The highest BCUT2D eigenvalue weighted by molar-refractivity contribution is 9.10. The first-order chi connectivity index (χ1) is 12.0. The van der Waals surface area contributed by atoms with Crippen LogP contribution in [0.15, 0.2) is 22.7 Å². The number of carbonyl (C=O) groups excluding carboxylic acids is 2. The van der Waals surface area contributed by atoms with Crippen LogP contribution >= 0.6 is 15.9 Å². The van der Waals surface area contributed by atoms with Crippen LogP contribution in [0.1, 0.15) is 42.1 Å². The van der Waals surface area contributed by atoms with Gasteiger partial charge in [-0.1, -0.05) is 22.9 Å². The molecule has 25 heavy (non-hydrogen) atoms. The maximum Gasteiger partial charge on any atom is 0.254 e. The molecule has 5 nitrogen and oxygen atoms in total. The van der Waals surface area contributed by atoms with Crippen LogP contribution in [0.25, 0.3) is 0 Å². The topological polar surface area (TPSA) is 52.7 Å². The van der Waals surface area contributed by atoms with Crippen molar-refractivity contribution in [2.24, 2.45) is 0 Å². The van der Waals surface area contributed by atoms with Crippen molar-refractivity contribution >= 4 is 27.7 Å². The van der Waals surface area contributed by atoms with Gasteiger partial charge in [0.25, 0.3) is 5.91 Å². The minimum absolute atomic E-state index is 0.0169. The molecule has 6 heteroatoms. The second-order valence-corrected chi connectivity index (χ2v) is 8.49. The number of likely N-dealkylation sites (N-methyl/N-ethyl adjacent to an activating group) is 1. The SMILES string of the molecule is CCN1CC[C@@H](NC(=O)CN2CC3(CC3)c3cc(Br)ccc3C2=O)C1. The molecule has 1 aromatic rings. The normalized spacial score (nSPS) is 24.5. The molecule has 1 atom stereocenters. The largest absolute Gasteiger partial charge is 0.350 e. The van der Waals surface area contributed by atoms with E-state index in [4.69, 9.17) is 0 Å². The van der Waals surface area contributed by atoms with E-state index < -0.39 is 0 Å². The van der Waals surface area contributed by atoms with Crippen LogP contribution in [-0.4, -0.2) is 60.4 Å². The standard InChI is InChI=1S/C19H24BrN3O2/c1-2-22-8-5-14(10-22)21-17(24)11-23-12-19(6-7-19)16-9-13(20)3-4-15(16)18(23)25/h3-4,9,14H,2,5-8,10-12H2,1H3,(H,21,24)/t14-/m1/s1. The summed E-state index contributed by atoms with van der Waals surface area (Å²) in [4.78, 5) is 29.4. The zero-order chi connectivity index (χ0) is 17.6. The summed E-state index contributed by atoms with van der Waals surface area (Å²) in [6.45, 7) is 5.94. The van der Waals surface area contributed by atoms with E-state index in [1.165, 1.54) is 0 Å². The van der Waals surface area contributed by atoms with Gasteiger partial charge in [0, 0.05) is 41.1 Å². The molecule has 1 aliphatic carbocycles. The Balaban J connectivity index is 1.44. The summed E-state index contributed by atoms with van der Waals surface area (Å²) in [5.41, 5.74) is 1.98. The molecule has 4 rings (SSSR count). The summed E-state index contributed by atoms with van der Waals surface area (Å²) < 4.78 is 1.01. The first kappa shape index (κ1) is 17.0.